The lowest BCUT2D eigenvalue weighted by Crippen LogP contribution is -2.26. The highest BCUT2D eigenvalue weighted by molar-refractivity contribution is 5.90. The Hall–Kier alpha value is -2.77. The maximum absolute atomic E-state index is 11.9. The Kier molecular flexibility index (Phi) is 4.60. The molecule has 1 N–H and O–H groups in total. The van der Waals surface area contributed by atoms with E-state index >= 15 is 0 Å². The number of rotatable bonds is 5. The van der Waals surface area contributed by atoms with Gasteiger partial charge in [-0.1, -0.05) is 0 Å². The summed E-state index contributed by atoms with van der Waals surface area (Å²) in [5.41, 5.74) is 0.276. The normalized spacial score (nSPS) is 10.2. The van der Waals surface area contributed by atoms with Crippen molar-refractivity contribution in [3.05, 3.63) is 46.4 Å². The van der Waals surface area contributed by atoms with Crippen molar-refractivity contribution in [1.82, 2.24) is 19.5 Å². The molecule has 0 fully saturated rings. The number of carbonyl (C=O) groups is 1. The minimum Gasteiger partial charge on any atom is -0.462 e. The third-order valence-electron chi connectivity index (χ3n) is 2.70. The number of hydrogen-bond acceptors (Lipinski definition) is 7. The molecule has 0 amide bonds. The molecule has 0 aliphatic rings. The Balaban J connectivity index is 2.32. The molecule has 2 aromatic heterocycles. The molecule has 2 rings (SSSR count). The van der Waals surface area contributed by atoms with Gasteiger partial charge in [0.15, 0.2) is 0 Å². The fourth-order valence-corrected chi connectivity index (χ4v) is 1.71. The largest absolute Gasteiger partial charge is 0.462 e. The van der Waals surface area contributed by atoms with E-state index < -0.39 is 11.7 Å². The summed E-state index contributed by atoms with van der Waals surface area (Å²) in [6.07, 6.45) is 2.90. The summed E-state index contributed by atoms with van der Waals surface area (Å²) in [5, 5.41) is 2.68. The van der Waals surface area contributed by atoms with Gasteiger partial charge in [0.25, 0.3) is 0 Å². The third kappa shape index (κ3) is 3.41. The molecule has 0 aromatic carbocycles. The van der Waals surface area contributed by atoms with Crippen LogP contribution >= 0.6 is 0 Å². The van der Waals surface area contributed by atoms with Crippen molar-refractivity contribution in [3.63, 3.8) is 0 Å². The van der Waals surface area contributed by atoms with Crippen molar-refractivity contribution in [2.24, 2.45) is 0 Å². The van der Waals surface area contributed by atoms with Gasteiger partial charge in [-0.25, -0.2) is 14.6 Å². The van der Waals surface area contributed by atoms with Gasteiger partial charge >= 0.3 is 11.7 Å². The highest BCUT2D eigenvalue weighted by Crippen LogP contribution is 2.08. The van der Waals surface area contributed by atoms with E-state index in [1.807, 2.05) is 0 Å². The van der Waals surface area contributed by atoms with Gasteiger partial charge in [0.1, 0.15) is 6.33 Å². The van der Waals surface area contributed by atoms with Crippen molar-refractivity contribution in [2.45, 2.75) is 13.5 Å². The van der Waals surface area contributed by atoms with Crippen LogP contribution in [0.4, 0.5) is 5.95 Å². The smallest absolute Gasteiger partial charge is 0.352 e. The first-order valence-electron chi connectivity index (χ1n) is 6.38. The fraction of sp³-hybridized carbons (Fsp3) is 0.308. The zero-order valence-corrected chi connectivity index (χ0v) is 11.7. The van der Waals surface area contributed by atoms with Crippen LogP contribution in [-0.4, -0.2) is 39.1 Å². The molecular weight excluding hydrogens is 274 g/mol. The van der Waals surface area contributed by atoms with Crippen LogP contribution in [0.2, 0.25) is 0 Å². The van der Waals surface area contributed by atoms with Gasteiger partial charge in [-0.15, -0.1) is 0 Å². The van der Waals surface area contributed by atoms with Crippen LogP contribution in [0.15, 0.2) is 29.5 Å². The Bertz CT molecular complexity index is 698. The van der Waals surface area contributed by atoms with Crippen molar-refractivity contribution in [3.8, 4) is 0 Å². The van der Waals surface area contributed by atoms with Crippen LogP contribution < -0.4 is 11.0 Å². The zero-order chi connectivity index (χ0) is 15.2. The summed E-state index contributed by atoms with van der Waals surface area (Å²) >= 11 is 0. The molecule has 0 radical (unpaired) electrons. The van der Waals surface area contributed by atoms with E-state index in [9.17, 15) is 9.59 Å². The minimum atomic E-state index is -0.477. The monoisotopic (exact) mass is 289 g/mol. The standard InChI is InChI=1S/C13H15N5O3/c1-3-21-11(19)9-5-4-6-15-10(9)7-18-8-16-12(14-2)17-13(18)20/h4-6,8H,3,7H2,1-2H3,(H,14,17,20). The highest BCUT2D eigenvalue weighted by atomic mass is 16.5. The van der Waals surface area contributed by atoms with Crippen LogP contribution in [0, 0.1) is 0 Å². The minimum absolute atomic E-state index is 0.0951. The number of aromatic nitrogens is 4. The van der Waals surface area contributed by atoms with Gasteiger partial charge in [0, 0.05) is 13.2 Å². The number of carbonyl (C=O) groups excluding carboxylic acids is 1. The van der Waals surface area contributed by atoms with Gasteiger partial charge in [-0.3, -0.25) is 9.55 Å². The number of nitrogens with zero attached hydrogens (tertiary/aromatic N) is 4. The molecule has 0 unspecified atom stereocenters. The molecule has 21 heavy (non-hydrogen) atoms. The molecule has 110 valence electrons. The van der Waals surface area contributed by atoms with Crippen LogP contribution in [0.1, 0.15) is 23.0 Å². The van der Waals surface area contributed by atoms with Crippen LogP contribution in [-0.2, 0) is 11.3 Å². The van der Waals surface area contributed by atoms with Gasteiger partial charge in [0.05, 0.1) is 24.4 Å². The lowest BCUT2D eigenvalue weighted by atomic mass is 10.2. The lowest BCUT2D eigenvalue weighted by molar-refractivity contribution is 0.0524. The van der Waals surface area contributed by atoms with Crippen molar-refractivity contribution in [1.29, 1.82) is 0 Å². The predicted octanol–water partition coefficient (Wildman–Crippen LogP) is 0.300. The lowest BCUT2D eigenvalue weighted by Gasteiger charge is -2.09. The first-order chi connectivity index (χ1) is 10.2. The molecule has 0 bridgehead atoms. The van der Waals surface area contributed by atoms with E-state index in [0.717, 1.165) is 0 Å². The summed E-state index contributed by atoms with van der Waals surface area (Å²) in [6, 6.07) is 3.24. The molecule has 2 aromatic rings. The molecule has 0 aliphatic carbocycles. The molecule has 0 atom stereocenters. The van der Waals surface area contributed by atoms with E-state index in [4.69, 9.17) is 4.74 Å². The SMILES string of the molecule is CCOC(=O)c1cccnc1Cn1cnc(NC)nc1=O. The van der Waals surface area contributed by atoms with Crippen LogP contribution in [0.25, 0.3) is 0 Å². The first kappa shape index (κ1) is 14.6. The second-order valence-corrected chi connectivity index (χ2v) is 4.06. The number of hydrogen-bond donors (Lipinski definition) is 1. The quantitative estimate of drug-likeness (QED) is 0.790. The van der Waals surface area contributed by atoms with Gasteiger partial charge in [-0.05, 0) is 19.1 Å². The molecule has 0 spiro atoms. The average molecular weight is 289 g/mol. The van der Waals surface area contributed by atoms with Crippen LogP contribution in [0.5, 0.6) is 0 Å². The number of esters is 1. The predicted molar refractivity (Wildman–Crippen MR) is 75.1 cm³/mol. The molecular formula is C13H15N5O3. The maximum atomic E-state index is 11.9. The number of anilines is 1. The van der Waals surface area contributed by atoms with E-state index in [0.29, 0.717) is 11.3 Å². The average Bonchev–Trinajstić information content (AvgIpc) is 2.50. The van der Waals surface area contributed by atoms with Crippen molar-refractivity contribution >= 4 is 11.9 Å². The van der Waals surface area contributed by atoms with E-state index in [2.05, 4.69) is 20.3 Å². The zero-order valence-electron chi connectivity index (χ0n) is 11.7. The summed E-state index contributed by atoms with van der Waals surface area (Å²) in [7, 11) is 1.62. The molecule has 8 heteroatoms. The Morgan fingerprint density at radius 2 is 2.24 bits per heavy atom. The Morgan fingerprint density at radius 3 is 2.90 bits per heavy atom. The number of ether oxygens (including phenoxy) is 1. The maximum Gasteiger partial charge on any atom is 0.352 e. The van der Waals surface area contributed by atoms with E-state index in [1.54, 1.807) is 32.3 Å². The van der Waals surface area contributed by atoms with Gasteiger partial charge < -0.3 is 10.1 Å². The Morgan fingerprint density at radius 1 is 1.43 bits per heavy atom. The second kappa shape index (κ2) is 6.60. The molecule has 8 nitrogen and oxygen atoms in total. The second-order valence-electron chi connectivity index (χ2n) is 4.06. The number of nitrogens with one attached hydrogen (secondary N) is 1. The van der Waals surface area contributed by atoms with Crippen LogP contribution in [0.3, 0.4) is 0 Å². The molecule has 0 saturated heterocycles. The van der Waals surface area contributed by atoms with Crippen molar-refractivity contribution in [2.75, 3.05) is 19.0 Å². The summed E-state index contributed by atoms with van der Waals surface area (Å²) in [5.74, 6) is -0.232. The third-order valence-corrected chi connectivity index (χ3v) is 2.70. The highest BCUT2D eigenvalue weighted by Gasteiger charge is 2.14. The summed E-state index contributed by atoms with van der Waals surface area (Å²) in [4.78, 5) is 35.5. The Labute approximate surface area is 120 Å². The summed E-state index contributed by atoms with van der Waals surface area (Å²) < 4.78 is 6.24. The topological polar surface area (TPSA) is 99.0 Å². The molecule has 0 saturated carbocycles. The molecule has 0 aliphatic heterocycles. The van der Waals surface area contributed by atoms with E-state index in [1.165, 1.54) is 10.9 Å². The fourth-order valence-electron chi connectivity index (χ4n) is 1.71. The summed E-state index contributed by atoms with van der Waals surface area (Å²) in [6.45, 7) is 2.09. The van der Waals surface area contributed by atoms with Gasteiger partial charge in [-0.2, -0.15) is 4.98 Å². The van der Waals surface area contributed by atoms with Crippen molar-refractivity contribution < 1.29 is 9.53 Å². The molecule has 2 heterocycles. The van der Waals surface area contributed by atoms with Gasteiger partial charge in [0.2, 0.25) is 5.95 Å². The number of pyridine rings is 1. The first-order valence-corrected chi connectivity index (χ1v) is 6.38. The van der Waals surface area contributed by atoms with E-state index in [-0.39, 0.29) is 19.1 Å².